The van der Waals surface area contributed by atoms with E-state index in [1.165, 1.54) is 0 Å². The summed E-state index contributed by atoms with van der Waals surface area (Å²) in [6.07, 6.45) is 0.156. The normalized spacial score (nSPS) is 10.4. The number of hydrogen-bond donors (Lipinski definition) is 1. The number of imide groups is 1. The molecule has 0 aliphatic rings. The molecule has 5 nitrogen and oxygen atoms in total. The van der Waals surface area contributed by atoms with Crippen molar-refractivity contribution in [1.82, 2.24) is 5.32 Å². The highest BCUT2D eigenvalue weighted by Crippen LogP contribution is 2.19. The van der Waals surface area contributed by atoms with Gasteiger partial charge in [-0.1, -0.05) is 72.8 Å². The monoisotopic (exact) mass is 361 g/mol. The molecule has 5 heteroatoms. The van der Waals surface area contributed by atoms with Crippen LogP contribution in [0.4, 0.5) is 0 Å². The molecule has 3 aromatic carbocycles. The van der Waals surface area contributed by atoms with Crippen LogP contribution in [-0.2, 0) is 32.0 Å². The summed E-state index contributed by atoms with van der Waals surface area (Å²) in [5.74, 6) is -1.59. The van der Waals surface area contributed by atoms with Crippen LogP contribution in [0.2, 0.25) is 0 Å². The number of carbonyl (C=O) groups is 3. The molecule has 0 unspecified atom stereocenters. The highest BCUT2D eigenvalue weighted by Gasteiger charge is 2.13. The molecule has 2 amide bonds. The maximum Gasteiger partial charge on any atom is 0.310 e. The lowest BCUT2D eigenvalue weighted by Gasteiger charge is -2.08. The molecule has 0 saturated carbocycles. The molecule has 3 aromatic rings. The summed E-state index contributed by atoms with van der Waals surface area (Å²) < 4.78 is 5.00. The van der Waals surface area contributed by atoms with Gasteiger partial charge in [-0.2, -0.15) is 0 Å². The third-order valence-corrected chi connectivity index (χ3v) is 4.07. The van der Waals surface area contributed by atoms with Crippen molar-refractivity contribution in [3.8, 4) is 0 Å². The van der Waals surface area contributed by atoms with Crippen molar-refractivity contribution in [2.45, 2.75) is 12.8 Å². The van der Waals surface area contributed by atoms with Crippen LogP contribution in [0.3, 0.4) is 0 Å². The predicted octanol–water partition coefficient (Wildman–Crippen LogP) is 2.81. The van der Waals surface area contributed by atoms with Gasteiger partial charge in [0, 0.05) is 0 Å². The van der Waals surface area contributed by atoms with Crippen LogP contribution < -0.4 is 5.32 Å². The standard InChI is InChI=1S/C22H19NO4/c24-20(13-16-7-2-1-3-8-16)23-21(25)15-27-22(26)14-18-11-6-10-17-9-4-5-12-19(17)18/h1-12H,13-15H2,(H,23,24,25). The van der Waals surface area contributed by atoms with Crippen LogP contribution in [0.1, 0.15) is 11.1 Å². The lowest BCUT2D eigenvalue weighted by molar-refractivity contribution is -0.149. The van der Waals surface area contributed by atoms with Gasteiger partial charge in [0.2, 0.25) is 5.91 Å². The van der Waals surface area contributed by atoms with Gasteiger partial charge in [-0.3, -0.25) is 19.7 Å². The summed E-state index contributed by atoms with van der Waals surface area (Å²) in [6.45, 7) is -0.482. The lowest BCUT2D eigenvalue weighted by atomic mass is 10.0. The molecule has 0 aliphatic heterocycles. The first-order valence-corrected chi connectivity index (χ1v) is 8.60. The third-order valence-electron chi connectivity index (χ3n) is 4.07. The number of hydrogen-bond acceptors (Lipinski definition) is 4. The van der Waals surface area contributed by atoms with E-state index in [-0.39, 0.29) is 12.8 Å². The molecule has 0 heterocycles. The van der Waals surface area contributed by atoms with Crippen molar-refractivity contribution in [3.63, 3.8) is 0 Å². The predicted molar refractivity (Wildman–Crippen MR) is 102 cm³/mol. The molecule has 0 radical (unpaired) electrons. The number of ether oxygens (including phenoxy) is 1. The summed E-state index contributed by atoms with van der Waals surface area (Å²) in [7, 11) is 0. The largest absolute Gasteiger partial charge is 0.455 e. The van der Waals surface area contributed by atoms with E-state index in [1.54, 1.807) is 12.1 Å². The SMILES string of the molecule is O=C(COC(=O)Cc1cccc2ccccc12)NC(=O)Cc1ccccc1. The van der Waals surface area contributed by atoms with Gasteiger partial charge in [0.05, 0.1) is 12.8 Å². The van der Waals surface area contributed by atoms with Crippen LogP contribution >= 0.6 is 0 Å². The van der Waals surface area contributed by atoms with Crippen molar-refractivity contribution >= 4 is 28.6 Å². The average molecular weight is 361 g/mol. The first-order valence-electron chi connectivity index (χ1n) is 8.60. The van der Waals surface area contributed by atoms with Crippen molar-refractivity contribution in [1.29, 1.82) is 0 Å². The molecular weight excluding hydrogens is 342 g/mol. The molecule has 0 aromatic heterocycles. The fourth-order valence-electron chi connectivity index (χ4n) is 2.82. The van der Waals surface area contributed by atoms with E-state index in [0.717, 1.165) is 21.9 Å². The highest BCUT2D eigenvalue weighted by atomic mass is 16.5. The first kappa shape index (κ1) is 18.3. The summed E-state index contributed by atoms with van der Waals surface area (Å²) in [5, 5.41) is 4.23. The molecule has 0 bridgehead atoms. The minimum Gasteiger partial charge on any atom is -0.455 e. The number of nitrogens with one attached hydrogen (secondary N) is 1. The number of rotatable bonds is 6. The molecule has 0 saturated heterocycles. The first-order chi connectivity index (χ1) is 13.1. The second kappa shape index (κ2) is 8.76. The fraction of sp³-hybridized carbons (Fsp3) is 0.136. The topological polar surface area (TPSA) is 72.5 Å². The maximum absolute atomic E-state index is 12.1. The Morgan fingerprint density at radius 3 is 2.26 bits per heavy atom. The van der Waals surface area contributed by atoms with Gasteiger partial charge in [0.1, 0.15) is 0 Å². The zero-order valence-electron chi connectivity index (χ0n) is 14.7. The number of esters is 1. The van der Waals surface area contributed by atoms with Crippen molar-refractivity contribution in [2.75, 3.05) is 6.61 Å². The van der Waals surface area contributed by atoms with Crippen molar-refractivity contribution < 1.29 is 19.1 Å². The van der Waals surface area contributed by atoms with Gasteiger partial charge in [0.25, 0.3) is 5.91 Å². The van der Waals surface area contributed by atoms with Crippen LogP contribution in [0, 0.1) is 0 Å². The Morgan fingerprint density at radius 2 is 1.44 bits per heavy atom. The molecule has 0 aliphatic carbocycles. The van der Waals surface area contributed by atoms with E-state index in [4.69, 9.17) is 4.74 Å². The van der Waals surface area contributed by atoms with Gasteiger partial charge in [-0.15, -0.1) is 0 Å². The lowest BCUT2D eigenvalue weighted by Crippen LogP contribution is -2.35. The second-order valence-electron chi connectivity index (χ2n) is 6.11. The molecule has 0 spiro atoms. The molecule has 0 fully saturated rings. The summed E-state index contributed by atoms with van der Waals surface area (Å²) >= 11 is 0. The van der Waals surface area contributed by atoms with E-state index in [9.17, 15) is 14.4 Å². The van der Waals surface area contributed by atoms with E-state index in [1.807, 2.05) is 60.7 Å². The van der Waals surface area contributed by atoms with E-state index < -0.39 is 24.4 Å². The van der Waals surface area contributed by atoms with E-state index in [0.29, 0.717) is 0 Å². The summed E-state index contributed by atoms with van der Waals surface area (Å²) in [5.41, 5.74) is 1.63. The van der Waals surface area contributed by atoms with Gasteiger partial charge in [-0.25, -0.2) is 0 Å². The van der Waals surface area contributed by atoms with Crippen LogP contribution in [-0.4, -0.2) is 24.4 Å². The average Bonchev–Trinajstić information content (AvgIpc) is 2.67. The Hall–Kier alpha value is -3.47. The molecule has 1 N–H and O–H groups in total. The van der Waals surface area contributed by atoms with E-state index in [2.05, 4.69) is 5.32 Å². The summed E-state index contributed by atoms with van der Waals surface area (Å²) in [4.78, 5) is 35.7. The van der Waals surface area contributed by atoms with Crippen LogP contribution in [0.25, 0.3) is 10.8 Å². The van der Waals surface area contributed by atoms with Gasteiger partial charge in [-0.05, 0) is 21.9 Å². The highest BCUT2D eigenvalue weighted by molar-refractivity contribution is 5.97. The molecular formula is C22H19NO4. The number of amides is 2. The zero-order chi connectivity index (χ0) is 19.1. The Bertz CT molecular complexity index is 961. The van der Waals surface area contributed by atoms with Crippen LogP contribution in [0.5, 0.6) is 0 Å². The minimum atomic E-state index is -0.637. The molecule has 136 valence electrons. The minimum absolute atomic E-state index is 0.0621. The molecule has 0 atom stereocenters. The Kier molecular flexibility index (Phi) is 5.94. The zero-order valence-corrected chi connectivity index (χ0v) is 14.7. The third kappa shape index (κ3) is 5.25. The Balaban J connectivity index is 1.48. The van der Waals surface area contributed by atoms with Gasteiger partial charge < -0.3 is 4.74 Å². The van der Waals surface area contributed by atoms with Crippen molar-refractivity contribution in [3.05, 3.63) is 83.9 Å². The van der Waals surface area contributed by atoms with E-state index >= 15 is 0 Å². The number of benzene rings is 3. The second-order valence-corrected chi connectivity index (χ2v) is 6.11. The number of carbonyl (C=O) groups excluding carboxylic acids is 3. The molecule has 27 heavy (non-hydrogen) atoms. The molecule has 3 rings (SSSR count). The van der Waals surface area contributed by atoms with Crippen molar-refractivity contribution in [2.24, 2.45) is 0 Å². The fourth-order valence-corrected chi connectivity index (χ4v) is 2.82. The Labute approximate surface area is 157 Å². The Morgan fingerprint density at radius 1 is 0.741 bits per heavy atom. The van der Waals surface area contributed by atoms with Gasteiger partial charge in [0.15, 0.2) is 6.61 Å². The van der Waals surface area contributed by atoms with Gasteiger partial charge >= 0.3 is 5.97 Å². The van der Waals surface area contributed by atoms with Crippen LogP contribution in [0.15, 0.2) is 72.8 Å². The quantitative estimate of drug-likeness (QED) is 0.685. The summed E-state index contributed by atoms with van der Waals surface area (Å²) in [6, 6.07) is 22.5. The number of fused-ring (bicyclic) bond motifs is 1. The smallest absolute Gasteiger partial charge is 0.310 e. The maximum atomic E-state index is 12.1.